The number of H-pyrrole nitrogens is 1. The van der Waals surface area contributed by atoms with Gasteiger partial charge < -0.3 is 10.1 Å². The van der Waals surface area contributed by atoms with E-state index in [0.717, 1.165) is 6.07 Å². The summed E-state index contributed by atoms with van der Waals surface area (Å²) in [5.74, 6) is -1.00. The van der Waals surface area contributed by atoms with Crippen LogP contribution in [-0.2, 0) is 4.79 Å². The Kier molecular flexibility index (Phi) is 3.54. The molecule has 1 heterocycles. The van der Waals surface area contributed by atoms with Crippen molar-refractivity contribution in [3.8, 4) is 0 Å². The van der Waals surface area contributed by atoms with Crippen molar-refractivity contribution in [2.24, 2.45) is 0 Å². The van der Waals surface area contributed by atoms with Crippen LogP contribution in [0.2, 0.25) is 0 Å². The number of aliphatic carboxylic acids is 1. The monoisotopic (exact) mass is 224 g/mol. The summed E-state index contributed by atoms with van der Waals surface area (Å²) in [4.78, 5) is 33.0. The molecule has 1 rings (SSSR count). The summed E-state index contributed by atoms with van der Waals surface area (Å²) in [6, 6.07) is 1.08. The first-order valence-corrected chi connectivity index (χ1v) is 4.26. The van der Waals surface area contributed by atoms with Crippen LogP contribution in [0.3, 0.4) is 0 Å². The smallest absolute Gasteiger partial charge is 0.334 e. The van der Waals surface area contributed by atoms with Gasteiger partial charge in [-0.05, 0) is 5.56 Å². The minimum atomic E-state index is -1.00. The highest BCUT2D eigenvalue weighted by molar-refractivity contribution is 5.70. The summed E-state index contributed by atoms with van der Waals surface area (Å²) in [6.07, 6.45) is 3.80. The maximum absolute atomic E-state index is 11.0. The van der Waals surface area contributed by atoms with Crippen molar-refractivity contribution in [1.29, 1.82) is 0 Å². The van der Waals surface area contributed by atoms with Crippen LogP contribution < -0.4 is 5.56 Å². The Morgan fingerprint density at radius 3 is 2.88 bits per heavy atom. The van der Waals surface area contributed by atoms with Crippen LogP contribution in [0.5, 0.6) is 0 Å². The van der Waals surface area contributed by atoms with Gasteiger partial charge in [0, 0.05) is 12.3 Å². The number of pyridine rings is 1. The number of aromatic nitrogens is 1. The van der Waals surface area contributed by atoms with E-state index in [0.29, 0.717) is 5.56 Å². The molecule has 0 unspecified atom stereocenters. The molecule has 0 aliphatic carbocycles. The van der Waals surface area contributed by atoms with Gasteiger partial charge in [0.2, 0.25) is 0 Å². The van der Waals surface area contributed by atoms with Crippen LogP contribution in [0.25, 0.3) is 6.08 Å². The lowest BCUT2D eigenvalue weighted by Gasteiger charge is -1.93. The van der Waals surface area contributed by atoms with Crippen molar-refractivity contribution >= 4 is 17.7 Å². The first-order valence-electron chi connectivity index (χ1n) is 4.26. The maximum Gasteiger partial charge on any atom is 0.334 e. The molecule has 2 N–H and O–H groups in total. The van der Waals surface area contributed by atoms with Crippen LogP contribution >= 0.6 is 0 Å². The number of rotatable bonds is 4. The number of nitrogens with zero attached hydrogens (tertiary/aromatic N) is 1. The molecular formula is C9H8N2O5. The van der Waals surface area contributed by atoms with E-state index in [1.54, 1.807) is 0 Å². The third-order valence-electron chi connectivity index (χ3n) is 1.71. The van der Waals surface area contributed by atoms with Crippen molar-refractivity contribution < 1.29 is 14.8 Å². The molecule has 1 aromatic rings. The fourth-order valence-corrected chi connectivity index (χ4v) is 1.02. The third kappa shape index (κ3) is 3.05. The van der Waals surface area contributed by atoms with Gasteiger partial charge in [0.1, 0.15) is 0 Å². The molecule has 0 aromatic carbocycles. The summed E-state index contributed by atoms with van der Waals surface area (Å²) in [6.45, 7) is 0. The fourth-order valence-electron chi connectivity index (χ4n) is 1.02. The minimum Gasteiger partial charge on any atom is -0.481 e. The molecule has 84 valence electrons. The first-order chi connectivity index (χ1) is 7.50. The van der Waals surface area contributed by atoms with Gasteiger partial charge >= 0.3 is 17.2 Å². The van der Waals surface area contributed by atoms with Crippen LogP contribution in [0.4, 0.5) is 5.69 Å². The Morgan fingerprint density at radius 1 is 1.62 bits per heavy atom. The Labute approximate surface area is 89.2 Å². The normalized spacial score (nSPS) is 10.5. The lowest BCUT2D eigenvalue weighted by molar-refractivity contribution is -0.386. The quantitative estimate of drug-likeness (QED) is 0.579. The average Bonchev–Trinajstić information content (AvgIpc) is 2.19. The highest BCUT2D eigenvalue weighted by atomic mass is 16.6. The molecule has 0 aliphatic rings. The largest absolute Gasteiger partial charge is 0.481 e. The predicted molar refractivity (Wildman–Crippen MR) is 55.0 cm³/mol. The number of hydrogen-bond acceptors (Lipinski definition) is 4. The van der Waals surface area contributed by atoms with Crippen LogP contribution in [0.15, 0.2) is 23.1 Å². The maximum atomic E-state index is 11.0. The summed E-state index contributed by atoms with van der Waals surface area (Å²) in [5, 5.41) is 18.8. The Balaban J connectivity index is 2.95. The molecule has 7 nitrogen and oxygen atoms in total. The highest BCUT2D eigenvalue weighted by Crippen LogP contribution is 2.07. The molecule has 0 saturated heterocycles. The number of nitro groups is 1. The van der Waals surface area contributed by atoms with Gasteiger partial charge in [-0.25, -0.2) is 0 Å². The lowest BCUT2D eigenvalue weighted by atomic mass is 10.2. The highest BCUT2D eigenvalue weighted by Gasteiger charge is 2.11. The Bertz CT molecular complexity index is 503. The van der Waals surface area contributed by atoms with Gasteiger partial charge in [0.05, 0.1) is 11.3 Å². The molecule has 16 heavy (non-hydrogen) atoms. The molecule has 0 radical (unpaired) electrons. The van der Waals surface area contributed by atoms with Crippen molar-refractivity contribution in [3.63, 3.8) is 0 Å². The molecule has 7 heteroatoms. The van der Waals surface area contributed by atoms with E-state index in [1.165, 1.54) is 18.3 Å². The Morgan fingerprint density at radius 2 is 2.31 bits per heavy atom. The number of hydrogen-bond donors (Lipinski definition) is 2. The van der Waals surface area contributed by atoms with Crippen LogP contribution in [0, 0.1) is 10.1 Å². The van der Waals surface area contributed by atoms with Crippen molar-refractivity contribution in [1.82, 2.24) is 4.98 Å². The van der Waals surface area contributed by atoms with E-state index < -0.39 is 22.1 Å². The van der Waals surface area contributed by atoms with Crippen molar-refractivity contribution in [2.75, 3.05) is 0 Å². The number of carboxylic acid groups (broad SMARTS) is 1. The summed E-state index contributed by atoms with van der Waals surface area (Å²) >= 11 is 0. The molecule has 0 aliphatic heterocycles. The van der Waals surface area contributed by atoms with E-state index in [1.807, 2.05) is 0 Å². The molecule has 0 atom stereocenters. The number of carboxylic acids is 1. The van der Waals surface area contributed by atoms with Crippen LogP contribution in [-0.4, -0.2) is 21.0 Å². The first kappa shape index (κ1) is 11.6. The van der Waals surface area contributed by atoms with Gasteiger partial charge in [-0.15, -0.1) is 0 Å². The summed E-state index contributed by atoms with van der Waals surface area (Å²) in [5.41, 5.74) is -0.995. The van der Waals surface area contributed by atoms with E-state index in [-0.39, 0.29) is 6.42 Å². The predicted octanol–water partition coefficient (Wildman–Crippen LogP) is 0.771. The zero-order valence-electron chi connectivity index (χ0n) is 8.04. The van der Waals surface area contributed by atoms with Gasteiger partial charge in [0.15, 0.2) is 0 Å². The van der Waals surface area contributed by atoms with E-state index in [4.69, 9.17) is 5.11 Å². The second-order valence-corrected chi connectivity index (χ2v) is 2.90. The van der Waals surface area contributed by atoms with Gasteiger partial charge in [-0.2, -0.15) is 0 Å². The topological polar surface area (TPSA) is 113 Å². The summed E-state index contributed by atoms with van der Waals surface area (Å²) in [7, 11) is 0. The third-order valence-corrected chi connectivity index (χ3v) is 1.71. The molecule has 0 saturated carbocycles. The van der Waals surface area contributed by atoms with Gasteiger partial charge in [-0.1, -0.05) is 12.2 Å². The van der Waals surface area contributed by atoms with E-state index >= 15 is 0 Å². The lowest BCUT2D eigenvalue weighted by Crippen LogP contribution is -2.10. The van der Waals surface area contributed by atoms with E-state index in [9.17, 15) is 19.7 Å². The fraction of sp³-hybridized carbons (Fsp3) is 0.111. The SMILES string of the molecule is O=C(O)CC=Cc1c[nH]c(=O)c([N+](=O)[O-])c1. The van der Waals surface area contributed by atoms with E-state index in [2.05, 4.69) is 4.98 Å². The number of nitrogens with one attached hydrogen (secondary N) is 1. The second-order valence-electron chi connectivity index (χ2n) is 2.90. The van der Waals surface area contributed by atoms with Gasteiger partial charge in [-0.3, -0.25) is 19.7 Å². The molecule has 0 spiro atoms. The van der Waals surface area contributed by atoms with Gasteiger partial charge in [0.25, 0.3) is 0 Å². The molecular weight excluding hydrogens is 216 g/mol. The summed E-state index contributed by atoms with van der Waals surface area (Å²) < 4.78 is 0. The molecule has 0 bridgehead atoms. The number of carbonyl (C=O) groups is 1. The minimum absolute atomic E-state index is 0.188. The van der Waals surface area contributed by atoms with Crippen molar-refractivity contribution in [2.45, 2.75) is 6.42 Å². The molecule has 1 aromatic heterocycles. The van der Waals surface area contributed by atoms with Crippen LogP contribution in [0.1, 0.15) is 12.0 Å². The van der Waals surface area contributed by atoms with Crippen molar-refractivity contribution in [3.05, 3.63) is 44.4 Å². The molecule has 0 fully saturated rings. The molecule has 0 amide bonds. The average molecular weight is 224 g/mol. The number of aromatic amines is 1. The zero-order chi connectivity index (χ0) is 12.1. The zero-order valence-corrected chi connectivity index (χ0v) is 8.04. The Hall–Kier alpha value is -2.44. The second kappa shape index (κ2) is 4.87. The standard InChI is InChI=1S/C9H8N2O5/c12-8(13)3-1-2-6-4-7(11(15)16)9(14)10-5-6/h1-2,4-5H,3H2,(H,10,14)(H,12,13).